The van der Waals surface area contributed by atoms with Gasteiger partial charge in [-0.1, -0.05) is 48.4 Å². The lowest BCUT2D eigenvalue weighted by Crippen LogP contribution is -2.15. The third-order valence-electron chi connectivity index (χ3n) is 2.27. The zero-order valence-electron chi connectivity index (χ0n) is 11.5. The summed E-state index contributed by atoms with van der Waals surface area (Å²) in [6.45, 7) is 4.91. The van der Waals surface area contributed by atoms with Crippen molar-refractivity contribution in [1.29, 1.82) is 0 Å². The molecule has 0 amide bonds. The van der Waals surface area contributed by atoms with Crippen molar-refractivity contribution >= 4 is 0 Å². The first-order valence-corrected chi connectivity index (χ1v) is 6.39. The number of hydrogen-bond donors (Lipinski definition) is 0. The van der Waals surface area contributed by atoms with E-state index >= 15 is 0 Å². The van der Waals surface area contributed by atoms with Crippen LogP contribution in [0, 0.1) is 11.8 Å². The van der Waals surface area contributed by atoms with E-state index in [-0.39, 0.29) is 0 Å². The number of rotatable bonds is 6. The maximum Gasteiger partial charge on any atom is 0.223 e. The van der Waals surface area contributed by atoms with Crippen molar-refractivity contribution in [2.75, 3.05) is 13.2 Å². The Labute approximate surface area is 115 Å². The summed E-state index contributed by atoms with van der Waals surface area (Å²) < 4.78 is 11.1. The van der Waals surface area contributed by atoms with Crippen molar-refractivity contribution in [3.63, 3.8) is 0 Å². The van der Waals surface area contributed by atoms with Gasteiger partial charge in [-0.25, -0.2) is 0 Å². The maximum atomic E-state index is 5.53. The Morgan fingerprint density at radius 2 is 1.58 bits per heavy atom. The lowest BCUT2D eigenvalue weighted by molar-refractivity contribution is -0.0869. The van der Waals surface area contributed by atoms with E-state index in [0.29, 0.717) is 13.2 Å². The van der Waals surface area contributed by atoms with E-state index in [2.05, 4.69) is 11.8 Å². The SMILES string of the molecule is C/C=C/COC(C#Cc1ccccc1)OC/C=C/C. The zero-order chi connectivity index (χ0) is 13.8. The quantitative estimate of drug-likeness (QED) is 0.440. The van der Waals surface area contributed by atoms with Crippen LogP contribution in [-0.4, -0.2) is 19.5 Å². The second-order valence-corrected chi connectivity index (χ2v) is 3.77. The van der Waals surface area contributed by atoms with Gasteiger partial charge < -0.3 is 9.47 Å². The molecule has 2 nitrogen and oxygen atoms in total. The zero-order valence-corrected chi connectivity index (χ0v) is 11.5. The van der Waals surface area contributed by atoms with E-state index in [9.17, 15) is 0 Å². The largest absolute Gasteiger partial charge is 0.338 e. The molecule has 100 valence electrons. The smallest absolute Gasteiger partial charge is 0.223 e. The lowest BCUT2D eigenvalue weighted by atomic mass is 10.2. The first-order chi connectivity index (χ1) is 9.36. The highest BCUT2D eigenvalue weighted by molar-refractivity contribution is 5.34. The van der Waals surface area contributed by atoms with E-state index in [1.165, 1.54) is 0 Å². The topological polar surface area (TPSA) is 18.5 Å². The molecular weight excluding hydrogens is 236 g/mol. The maximum absolute atomic E-state index is 5.53. The predicted molar refractivity (Wildman–Crippen MR) is 78.6 cm³/mol. The van der Waals surface area contributed by atoms with Gasteiger partial charge in [-0.2, -0.15) is 0 Å². The molecule has 0 aliphatic heterocycles. The minimum absolute atomic E-state index is 0.500. The normalized spacial score (nSPS) is 11.1. The summed E-state index contributed by atoms with van der Waals surface area (Å²) >= 11 is 0. The van der Waals surface area contributed by atoms with Crippen molar-refractivity contribution in [2.24, 2.45) is 0 Å². The van der Waals surface area contributed by atoms with E-state index in [1.807, 2.05) is 68.5 Å². The molecule has 0 radical (unpaired) electrons. The molecule has 0 spiro atoms. The average Bonchev–Trinajstić information content (AvgIpc) is 2.45. The van der Waals surface area contributed by atoms with Crippen LogP contribution in [0.2, 0.25) is 0 Å². The van der Waals surface area contributed by atoms with Crippen LogP contribution in [0.25, 0.3) is 0 Å². The number of ether oxygens (including phenoxy) is 2. The average molecular weight is 256 g/mol. The fraction of sp³-hybridized carbons (Fsp3) is 0.294. The molecule has 0 aliphatic rings. The van der Waals surface area contributed by atoms with Gasteiger partial charge in [-0.3, -0.25) is 0 Å². The minimum Gasteiger partial charge on any atom is -0.338 e. The molecule has 1 aromatic carbocycles. The molecule has 0 bridgehead atoms. The van der Waals surface area contributed by atoms with Crippen LogP contribution in [0.4, 0.5) is 0 Å². The van der Waals surface area contributed by atoms with Crippen molar-refractivity contribution in [3.8, 4) is 11.8 Å². The lowest BCUT2D eigenvalue weighted by Gasteiger charge is -2.10. The van der Waals surface area contributed by atoms with E-state index < -0.39 is 6.29 Å². The van der Waals surface area contributed by atoms with Gasteiger partial charge in [-0.15, -0.1) is 0 Å². The summed E-state index contributed by atoms with van der Waals surface area (Å²) in [4.78, 5) is 0. The molecular formula is C17H20O2. The Balaban J connectivity index is 2.59. The predicted octanol–water partition coefficient (Wildman–Crippen LogP) is 3.55. The molecule has 2 heteroatoms. The van der Waals surface area contributed by atoms with Gasteiger partial charge in [0.1, 0.15) is 0 Å². The third kappa shape index (κ3) is 7.25. The van der Waals surface area contributed by atoms with Crippen LogP contribution >= 0.6 is 0 Å². The number of hydrogen-bond acceptors (Lipinski definition) is 2. The molecule has 0 saturated heterocycles. The molecule has 1 rings (SSSR count). The molecule has 0 fully saturated rings. The summed E-state index contributed by atoms with van der Waals surface area (Å²) in [7, 11) is 0. The highest BCUT2D eigenvalue weighted by Crippen LogP contribution is 1.99. The molecule has 0 atom stereocenters. The van der Waals surface area contributed by atoms with E-state index in [4.69, 9.17) is 9.47 Å². The summed E-state index contributed by atoms with van der Waals surface area (Å²) in [6, 6.07) is 9.80. The molecule has 0 saturated carbocycles. The van der Waals surface area contributed by atoms with Crippen LogP contribution in [0.5, 0.6) is 0 Å². The number of allylic oxidation sites excluding steroid dienone is 2. The fourth-order valence-corrected chi connectivity index (χ4v) is 1.27. The summed E-state index contributed by atoms with van der Waals surface area (Å²) in [6.07, 6.45) is 7.22. The summed E-state index contributed by atoms with van der Waals surface area (Å²) in [5, 5.41) is 0. The third-order valence-corrected chi connectivity index (χ3v) is 2.27. The molecule has 19 heavy (non-hydrogen) atoms. The molecule has 0 heterocycles. The van der Waals surface area contributed by atoms with Gasteiger partial charge in [0.2, 0.25) is 6.29 Å². The van der Waals surface area contributed by atoms with Gasteiger partial charge in [0, 0.05) is 5.56 Å². The van der Waals surface area contributed by atoms with Crippen LogP contribution in [0.15, 0.2) is 54.6 Å². The number of benzene rings is 1. The van der Waals surface area contributed by atoms with Crippen molar-refractivity contribution in [1.82, 2.24) is 0 Å². The van der Waals surface area contributed by atoms with Crippen LogP contribution in [-0.2, 0) is 9.47 Å². The van der Waals surface area contributed by atoms with Crippen molar-refractivity contribution in [3.05, 3.63) is 60.2 Å². The van der Waals surface area contributed by atoms with Crippen LogP contribution in [0.3, 0.4) is 0 Å². The summed E-state index contributed by atoms with van der Waals surface area (Å²) in [5.41, 5.74) is 0.955. The first-order valence-electron chi connectivity index (χ1n) is 6.39. The second kappa shape index (κ2) is 10.1. The van der Waals surface area contributed by atoms with Gasteiger partial charge in [0.25, 0.3) is 0 Å². The standard InChI is InChI=1S/C17H20O2/c1-3-5-14-18-17(19-15-6-4-2)13-12-16-10-8-7-9-11-16/h3-11,17H,14-15H2,1-2H3/b5-3+,6-4+. The Hall–Kier alpha value is -1.82. The van der Waals surface area contributed by atoms with Gasteiger partial charge in [0.15, 0.2) is 0 Å². The second-order valence-electron chi connectivity index (χ2n) is 3.77. The molecule has 0 aliphatic carbocycles. The fourth-order valence-electron chi connectivity index (χ4n) is 1.27. The van der Waals surface area contributed by atoms with Gasteiger partial charge in [0.05, 0.1) is 13.2 Å². The molecule has 0 unspecified atom stereocenters. The van der Waals surface area contributed by atoms with Gasteiger partial charge in [-0.05, 0) is 31.9 Å². The monoisotopic (exact) mass is 256 g/mol. The van der Waals surface area contributed by atoms with E-state index in [0.717, 1.165) is 5.56 Å². The van der Waals surface area contributed by atoms with Crippen LogP contribution < -0.4 is 0 Å². The molecule has 0 N–H and O–H groups in total. The van der Waals surface area contributed by atoms with E-state index in [1.54, 1.807) is 0 Å². The first kappa shape index (κ1) is 15.2. The van der Waals surface area contributed by atoms with Crippen molar-refractivity contribution < 1.29 is 9.47 Å². The Morgan fingerprint density at radius 3 is 2.11 bits per heavy atom. The minimum atomic E-state index is -0.507. The Morgan fingerprint density at radius 1 is 1.00 bits per heavy atom. The van der Waals surface area contributed by atoms with Crippen molar-refractivity contribution in [2.45, 2.75) is 20.1 Å². The molecule has 0 aromatic heterocycles. The van der Waals surface area contributed by atoms with Crippen LogP contribution in [0.1, 0.15) is 19.4 Å². The highest BCUT2D eigenvalue weighted by Gasteiger charge is 2.02. The van der Waals surface area contributed by atoms with Gasteiger partial charge >= 0.3 is 0 Å². The Bertz CT molecular complexity index is 433. The summed E-state index contributed by atoms with van der Waals surface area (Å²) in [5.74, 6) is 6.04. The highest BCUT2D eigenvalue weighted by atomic mass is 16.7. The molecule has 1 aromatic rings. The Kier molecular flexibility index (Phi) is 8.13.